The van der Waals surface area contributed by atoms with Crippen LogP contribution in [0.4, 0.5) is 16.2 Å². The zero-order chi connectivity index (χ0) is 41.8. The standard InChI is InChI=1S/C41H46ClN4O10PS2/c1-25-19-30-32(46(40(49)31-13-10-17-44(31)39(30)48)41(50)55-24-26(2)58-59-36-14-7-8-16-43-36)20-34(25)54-18-9-3-4-15-37(47)45-23-27(22-42)38-29-12-6-5-11-28(29)35(21-33(38)45)56-57(51,52)53/h5-8,11-12,14,16,19-21,26-27,31,40,49H,3-4,9-10,13,15,17-18,22-24H2,1-2H3,(H2,51,52,53)/t26?,27?,31-,40?/m0/s1. The van der Waals surface area contributed by atoms with Crippen molar-refractivity contribution in [2.75, 3.05) is 42.0 Å². The first-order chi connectivity index (χ1) is 28.3. The molecule has 18 heteroatoms. The van der Waals surface area contributed by atoms with Crippen molar-refractivity contribution in [2.24, 2.45) is 0 Å². The molecule has 1 aromatic heterocycles. The number of nitrogens with zero attached hydrogens (tertiary/aromatic N) is 4. The minimum absolute atomic E-state index is 0.00873. The van der Waals surface area contributed by atoms with Gasteiger partial charge in [0, 0.05) is 60.3 Å². The Hall–Kier alpha value is -4.02. The van der Waals surface area contributed by atoms with Crippen LogP contribution in [0.5, 0.6) is 11.5 Å². The normalized spacial score (nSPS) is 19.3. The summed E-state index contributed by atoms with van der Waals surface area (Å²) in [6.07, 6.45) is 2.92. The van der Waals surface area contributed by atoms with Gasteiger partial charge in [-0.15, -0.1) is 11.6 Å². The lowest BCUT2D eigenvalue weighted by Crippen LogP contribution is -2.51. The van der Waals surface area contributed by atoms with Crippen LogP contribution in [-0.4, -0.2) is 92.4 Å². The number of benzene rings is 3. The maximum Gasteiger partial charge on any atom is 0.524 e. The first-order valence-corrected chi connectivity index (χ1v) is 23.8. The number of hydrogen-bond acceptors (Lipinski definition) is 11. The number of anilines is 2. The van der Waals surface area contributed by atoms with Gasteiger partial charge >= 0.3 is 13.9 Å². The molecule has 314 valence electrons. The molecule has 3 N–H and O–H groups in total. The number of carbonyl (C=O) groups is 3. The van der Waals surface area contributed by atoms with Crippen molar-refractivity contribution in [3.05, 3.63) is 83.6 Å². The molecule has 4 heterocycles. The second-order valence-corrected chi connectivity index (χ2v) is 18.9. The van der Waals surface area contributed by atoms with Crippen molar-refractivity contribution in [2.45, 2.75) is 80.8 Å². The molecule has 1 saturated heterocycles. The number of alkyl halides is 1. The van der Waals surface area contributed by atoms with Crippen LogP contribution in [0.1, 0.15) is 72.9 Å². The van der Waals surface area contributed by atoms with E-state index in [9.17, 15) is 33.8 Å². The van der Waals surface area contributed by atoms with Gasteiger partial charge in [-0.2, -0.15) is 0 Å². The Bertz CT molecular complexity index is 2250. The van der Waals surface area contributed by atoms with E-state index in [-0.39, 0.29) is 58.9 Å². The number of phosphoric acid groups is 1. The number of aryl methyl sites for hydroxylation is 1. The zero-order valence-corrected chi connectivity index (χ0v) is 35.9. The summed E-state index contributed by atoms with van der Waals surface area (Å²) in [6.45, 7) is 4.94. The Morgan fingerprint density at radius 3 is 2.54 bits per heavy atom. The molecule has 3 aliphatic heterocycles. The van der Waals surface area contributed by atoms with Crippen LogP contribution in [0, 0.1) is 6.92 Å². The van der Waals surface area contributed by atoms with Gasteiger partial charge in [-0.25, -0.2) is 19.2 Å². The van der Waals surface area contributed by atoms with Gasteiger partial charge in [0.05, 0.1) is 29.6 Å². The van der Waals surface area contributed by atoms with Crippen LogP contribution in [0.25, 0.3) is 10.8 Å². The van der Waals surface area contributed by atoms with E-state index in [1.807, 2.05) is 44.2 Å². The highest BCUT2D eigenvalue weighted by atomic mass is 35.5. The van der Waals surface area contributed by atoms with E-state index in [0.717, 1.165) is 16.0 Å². The third kappa shape index (κ3) is 9.64. The highest BCUT2D eigenvalue weighted by Gasteiger charge is 2.45. The topological polar surface area (TPSA) is 179 Å². The summed E-state index contributed by atoms with van der Waals surface area (Å²) >= 11 is 6.37. The van der Waals surface area contributed by atoms with E-state index in [0.29, 0.717) is 74.2 Å². The Kier molecular flexibility index (Phi) is 13.7. The molecule has 3 amide bonds. The van der Waals surface area contributed by atoms with Gasteiger partial charge in [0.15, 0.2) is 6.23 Å². The van der Waals surface area contributed by atoms with Crippen LogP contribution in [-0.2, 0) is 14.1 Å². The molecule has 0 saturated carbocycles. The van der Waals surface area contributed by atoms with Gasteiger partial charge in [-0.3, -0.25) is 19.4 Å². The number of ether oxygens (including phenoxy) is 2. The van der Waals surface area contributed by atoms with Gasteiger partial charge in [-0.05, 0) is 91.5 Å². The van der Waals surface area contributed by atoms with E-state index in [1.165, 1.54) is 32.6 Å². The van der Waals surface area contributed by atoms with Crippen molar-refractivity contribution >= 4 is 81.1 Å². The summed E-state index contributed by atoms with van der Waals surface area (Å²) in [4.78, 5) is 69.1. The van der Waals surface area contributed by atoms with Crippen molar-refractivity contribution < 1.29 is 47.8 Å². The van der Waals surface area contributed by atoms with Crippen LogP contribution in [0.15, 0.2) is 71.9 Å². The number of carbonyl (C=O) groups excluding carboxylic acids is 3. The Morgan fingerprint density at radius 2 is 1.80 bits per heavy atom. The van der Waals surface area contributed by atoms with Crippen molar-refractivity contribution in [3.8, 4) is 11.5 Å². The third-order valence-corrected chi connectivity index (χ3v) is 14.2. The molecule has 4 atom stereocenters. The van der Waals surface area contributed by atoms with Gasteiger partial charge in [0.25, 0.3) is 5.91 Å². The summed E-state index contributed by atoms with van der Waals surface area (Å²) in [5.41, 5.74) is 2.58. The van der Waals surface area contributed by atoms with Crippen LogP contribution in [0.3, 0.4) is 0 Å². The predicted molar refractivity (Wildman–Crippen MR) is 229 cm³/mol. The number of amides is 3. The van der Waals surface area contributed by atoms with Crippen molar-refractivity contribution in [3.63, 3.8) is 0 Å². The van der Waals surface area contributed by atoms with Crippen LogP contribution in [0.2, 0.25) is 0 Å². The minimum atomic E-state index is -4.87. The molecule has 0 bridgehead atoms. The largest absolute Gasteiger partial charge is 0.524 e. The van der Waals surface area contributed by atoms with E-state index >= 15 is 0 Å². The average Bonchev–Trinajstić information content (AvgIpc) is 3.85. The molecule has 14 nitrogen and oxygen atoms in total. The van der Waals surface area contributed by atoms with Crippen LogP contribution >= 0.6 is 41.0 Å². The van der Waals surface area contributed by atoms with Crippen LogP contribution < -0.4 is 19.1 Å². The van der Waals surface area contributed by atoms with E-state index in [4.69, 9.17) is 25.6 Å². The fraction of sp³-hybridized carbons (Fsp3) is 0.415. The van der Waals surface area contributed by atoms with Crippen molar-refractivity contribution in [1.29, 1.82) is 0 Å². The number of phosphoric ester groups is 1. The lowest BCUT2D eigenvalue weighted by molar-refractivity contribution is -0.118. The van der Waals surface area contributed by atoms with E-state index in [2.05, 4.69) is 4.98 Å². The summed E-state index contributed by atoms with van der Waals surface area (Å²) in [6, 6.07) is 17.0. The van der Waals surface area contributed by atoms with Gasteiger partial charge < -0.3 is 28.9 Å². The number of halogens is 1. The highest BCUT2D eigenvalue weighted by molar-refractivity contribution is 8.76. The Morgan fingerprint density at radius 1 is 1.03 bits per heavy atom. The monoisotopic (exact) mass is 884 g/mol. The third-order valence-electron chi connectivity index (χ3n) is 10.7. The quantitative estimate of drug-likeness (QED) is 0.0453. The second-order valence-electron chi connectivity index (χ2n) is 14.8. The molecule has 3 unspecified atom stereocenters. The number of aliphatic hydroxyl groups is 1. The summed E-state index contributed by atoms with van der Waals surface area (Å²) < 4.78 is 28.8. The molecular formula is C41H46ClN4O10PS2. The molecule has 1 fully saturated rings. The molecular weight excluding hydrogens is 839 g/mol. The van der Waals surface area contributed by atoms with Gasteiger partial charge in [0.2, 0.25) is 5.91 Å². The smallest absolute Gasteiger partial charge is 0.493 e. The summed E-state index contributed by atoms with van der Waals surface area (Å²) in [7, 11) is -1.88. The predicted octanol–water partition coefficient (Wildman–Crippen LogP) is 8.03. The van der Waals surface area contributed by atoms with E-state index in [1.54, 1.807) is 40.3 Å². The van der Waals surface area contributed by atoms with Gasteiger partial charge in [0.1, 0.15) is 23.1 Å². The average molecular weight is 885 g/mol. The SMILES string of the molecule is Cc1cc2c(cc1OCCCCCC(=O)N1CC(CCl)c3c1cc(OP(=O)(O)O)c1ccccc31)N(C(=O)OCC(C)SSc1ccccn1)C(O)[C@@H]1CCCN1C2=O. The first kappa shape index (κ1) is 43.1. The number of pyridine rings is 1. The Labute approximate surface area is 355 Å². The lowest BCUT2D eigenvalue weighted by atomic mass is 9.95. The molecule has 59 heavy (non-hydrogen) atoms. The number of unbranched alkanes of at least 4 members (excludes halogenated alkanes) is 2. The number of aliphatic hydroxyl groups excluding tert-OH is 1. The van der Waals surface area contributed by atoms with E-state index < -0.39 is 26.2 Å². The molecule has 3 aromatic carbocycles. The number of rotatable bonds is 15. The first-order valence-electron chi connectivity index (χ1n) is 19.5. The number of hydrogen-bond donors (Lipinski definition) is 3. The maximum absolute atomic E-state index is 13.8. The summed E-state index contributed by atoms with van der Waals surface area (Å²) in [5, 5.41) is 13.6. The minimum Gasteiger partial charge on any atom is -0.493 e. The number of fused-ring (bicyclic) bond motifs is 5. The molecule has 7 rings (SSSR count). The molecule has 0 radical (unpaired) electrons. The molecule has 3 aliphatic rings. The fourth-order valence-electron chi connectivity index (χ4n) is 7.90. The highest BCUT2D eigenvalue weighted by Crippen LogP contribution is 2.49. The zero-order valence-electron chi connectivity index (χ0n) is 32.6. The molecule has 0 aliphatic carbocycles. The van der Waals surface area contributed by atoms with Crippen molar-refractivity contribution in [1.82, 2.24) is 9.88 Å². The van der Waals surface area contributed by atoms with Gasteiger partial charge in [-0.1, -0.05) is 41.1 Å². The number of aromatic nitrogens is 1. The maximum atomic E-state index is 13.8. The second kappa shape index (κ2) is 18.7. The fourth-order valence-corrected chi connectivity index (χ4v) is 10.4. The molecule has 4 aromatic rings. The lowest BCUT2D eigenvalue weighted by Gasteiger charge is -2.32. The summed E-state index contributed by atoms with van der Waals surface area (Å²) in [5.74, 6) is 0.132. The molecule has 0 spiro atoms. The Balaban J connectivity index is 0.985.